The summed E-state index contributed by atoms with van der Waals surface area (Å²) < 4.78 is 5.57. The van der Waals surface area contributed by atoms with E-state index in [-0.39, 0.29) is 12.0 Å². The van der Waals surface area contributed by atoms with Gasteiger partial charge < -0.3 is 14.7 Å². The summed E-state index contributed by atoms with van der Waals surface area (Å²) in [5, 5.41) is 9.05. The number of likely N-dealkylation sites (tertiary alicyclic amines) is 1. The zero-order valence-electron chi connectivity index (χ0n) is 17.0. The van der Waals surface area contributed by atoms with Gasteiger partial charge in [0.2, 0.25) is 0 Å². The number of amides is 1. The van der Waals surface area contributed by atoms with Crippen molar-refractivity contribution in [2.45, 2.75) is 44.1 Å². The third kappa shape index (κ3) is 3.52. The van der Waals surface area contributed by atoms with Crippen molar-refractivity contribution >= 4 is 11.9 Å². The third-order valence-electron chi connectivity index (χ3n) is 7.24. The number of piperidine rings is 1. The molecule has 2 aromatic carbocycles. The molecule has 1 amide bonds. The van der Waals surface area contributed by atoms with Crippen LogP contribution in [0.1, 0.15) is 53.9 Å². The van der Waals surface area contributed by atoms with Gasteiger partial charge in [0.15, 0.2) is 0 Å². The van der Waals surface area contributed by atoms with E-state index in [9.17, 15) is 9.59 Å². The molecular weight excluding hydrogens is 378 g/mol. The van der Waals surface area contributed by atoms with Crippen molar-refractivity contribution in [2.75, 3.05) is 19.7 Å². The summed E-state index contributed by atoms with van der Waals surface area (Å²) in [6, 6.07) is 15.7. The molecule has 0 radical (unpaired) electrons. The van der Waals surface area contributed by atoms with E-state index < -0.39 is 5.97 Å². The van der Waals surface area contributed by atoms with Gasteiger partial charge in [0.05, 0.1) is 5.56 Å². The highest BCUT2D eigenvalue weighted by molar-refractivity contribution is 5.88. The van der Waals surface area contributed by atoms with E-state index in [2.05, 4.69) is 24.3 Å². The molecule has 1 saturated carbocycles. The second-order valence-corrected chi connectivity index (χ2v) is 8.95. The van der Waals surface area contributed by atoms with Crippen LogP contribution in [-0.4, -0.2) is 47.7 Å². The molecule has 2 aliphatic heterocycles. The van der Waals surface area contributed by atoms with E-state index in [1.54, 1.807) is 12.1 Å². The quantitative estimate of drug-likeness (QED) is 0.822. The van der Waals surface area contributed by atoms with Gasteiger partial charge in [-0.1, -0.05) is 36.4 Å². The van der Waals surface area contributed by atoms with Crippen LogP contribution in [0.3, 0.4) is 0 Å². The maximum absolute atomic E-state index is 12.6. The van der Waals surface area contributed by atoms with E-state index >= 15 is 0 Å². The lowest BCUT2D eigenvalue weighted by Gasteiger charge is -2.34. The number of ether oxygens (including phenoxy) is 1. The Labute approximate surface area is 176 Å². The third-order valence-corrected chi connectivity index (χ3v) is 7.24. The molecule has 1 spiro atoms. The van der Waals surface area contributed by atoms with Crippen LogP contribution < -0.4 is 0 Å². The first-order valence-electron chi connectivity index (χ1n) is 10.9. The normalized spacial score (nSPS) is 24.7. The topological polar surface area (TPSA) is 66.8 Å². The maximum atomic E-state index is 12.6. The molecule has 0 bridgehead atoms. The fourth-order valence-corrected chi connectivity index (χ4v) is 5.23. The van der Waals surface area contributed by atoms with Gasteiger partial charge in [-0.25, -0.2) is 4.79 Å². The number of carboxylic acids is 1. The summed E-state index contributed by atoms with van der Waals surface area (Å²) >= 11 is 0. The first kappa shape index (κ1) is 19.3. The predicted molar refractivity (Wildman–Crippen MR) is 113 cm³/mol. The molecule has 3 aliphatic rings. The standard InChI is InChI=1S/C25H27NO4/c27-23(22-2-1-15-30-22)26-13-11-25(12-14-26)16-21(25)19-7-3-17(4-8-19)18-5-9-20(10-6-18)24(28)29/h3-10,21-22H,1-2,11-16H2,(H,28,29)/t21-,22+/m0/s1. The lowest BCUT2D eigenvalue weighted by atomic mass is 9.88. The molecule has 5 rings (SSSR count). The highest BCUT2D eigenvalue weighted by Crippen LogP contribution is 2.65. The Morgan fingerprint density at radius 3 is 2.17 bits per heavy atom. The minimum atomic E-state index is -0.903. The van der Waals surface area contributed by atoms with Crippen molar-refractivity contribution in [3.05, 3.63) is 59.7 Å². The molecule has 0 aromatic heterocycles. The molecule has 1 aliphatic carbocycles. The summed E-state index contributed by atoms with van der Waals surface area (Å²) in [5.74, 6) is -0.127. The smallest absolute Gasteiger partial charge is 0.335 e. The van der Waals surface area contributed by atoms with Gasteiger partial charge in [0.1, 0.15) is 6.10 Å². The number of carbonyl (C=O) groups excluding carboxylic acids is 1. The summed E-state index contributed by atoms with van der Waals surface area (Å²) in [4.78, 5) is 25.6. The lowest BCUT2D eigenvalue weighted by Crippen LogP contribution is -2.44. The number of carboxylic acid groups (broad SMARTS) is 1. The van der Waals surface area contributed by atoms with E-state index in [1.807, 2.05) is 17.0 Å². The number of benzene rings is 2. The van der Waals surface area contributed by atoms with Crippen LogP contribution in [0.4, 0.5) is 0 Å². The van der Waals surface area contributed by atoms with Crippen LogP contribution in [0, 0.1) is 5.41 Å². The van der Waals surface area contributed by atoms with E-state index in [0.29, 0.717) is 16.9 Å². The van der Waals surface area contributed by atoms with E-state index in [0.717, 1.165) is 56.5 Å². The first-order chi connectivity index (χ1) is 14.6. The molecule has 2 heterocycles. The predicted octanol–water partition coefficient (Wildman–Crippen LogP) is 4.33. The van der Waals surface area contributed by atoms with Gasteiger partial charge in [-0.2, -0.15) is 0 Å². The number of rotatable bonds is 4. The summed E-state index contributed by atoms with van der Waals surface area (Å²) in [5.41, 5.74) is 4.16. The molecule has 5 heteroatoms. The van der Waals surface area contributed by atoms with Crippen LogP contribution >= 0.6 is 0 Å². The molecule has 3 fully saturated rings. The molecule has 156 valence electrons. The molecule has 2 atom stereocenters. The molecule has 0 unspecified atom stereocenters. The van der Waals surface area contributed by atoms with Crippen molar-refractivity contribution in [3.8, 4) is 11.1 Å². The Morgan fingerprint density at radius 1 is 0.967 bits per heavy atom. The zero-order valence-corrected chi connectivity index (χ0v) is 17.0. The average molecular weight is 405 g/mol. The fourth-order valence-electron chi connectivity index (χ4n) is 5.23. The fraction of sp³-hybridized carbons (Fsp3) is 0.440. The first-order valence-corrected chi connectivity index (χ1v) is 10.9. The van der Waals surface area contributed by atoms with Crippen LogP contribution in [0.25, 0.3) is 11.1 Å². The summed E-state index contributed by atoms with van der Waals surface area (Å²) in [6.45, 7) is 2.42. The highest BCUT2D eigenvalue weighted by atomic mass is 16.5. The van der Waals surface area contributed by atoms with Crippen molar-refractivity contribution in [2.24, 2.45) is 5.41 Å². The van der Waals surface area contributed by atoms with Gasteiger partial charge >= 0.3 is 5.97 Å². The SMILES string of the molecule is O=C(O)c1ccc(-c2ccc([C@@H]3CC34CCN(C(=O)[C@H]3CCCO3)CC4)cc2)cc1. The van der Waals surface area contributed by atoms with Gasteiger partial charge in [-0.3, -0.25) is 4.79 Å². The van der Waals surface area contributed by atoms with Gasteiger partial charge in [-0.05, 0) is 72.3 Å². The lowest BCUT2D eigenvalue weighted by molar-refractivity contribution is -0.142. The monoisotopic (exact) mass is 405 g/mol. The van der Waals surface area contributed by atoms with Gasteiger partial charge in [-0.15, -0.1) is 0 Å². The number of aromatic carboxylic acids is 1. The Hall–Kier alpha value is -2.66. The van der Waals surface area contributed by atoms with Gasteiger partial charge in [0, 0.05) is 19.7 Å². The van der Waals surface area contributed by atoms with Crippen molar-refractivity contribution in [1.29, 1.82) is 0 Å². The zero-order chi connectivity index (χ0) is 20.7. The van der Waals surface area contributed by atoms with Crippen molar-refractivity contribution in [1.82, 2.24) is 4.90 Å². The minimum Gasteiger partial charge on any atom is -0.478 e. The second kappa shape index (κ2) is 7.55. The highest BCUT2D eigenvalue weighted by Gasteiger charge is 2.55. The molecule has 30 heavy (non-hydrogen) atoms. The van der Waals surface area contributed by atoms with Crippen LogP contribution in [0.5, 0.6) is 0 Å². The Balaban J connectivity index is 1.21. The molecule has 1 N–H and O–H groups in total. The molecular formula is C25H27NO4. The molecule has 2 aromatic rings. The minimum absolute atomic E-state index is 0.192. The second-order valence-electron chi connectivity index (χ2n) is 8.95. The Kier molecular flexibility index (Phi) is 4.86. The largest absolute Gasteiger partial charge is 0.478 e. The summed E-state index contributed by atoms with van der Waals surface area (Å²) in [7, 11) is 0. The number of carbonyl (C=O) groups is 2. The molecule has 2 saturated heterocycles. The Morgan fingerprint density at radius 2 is 1.60 bits per heavy atom. The average Bonchev–Trinajstić information content (AvgIpc) is 3.21. The number of nitrogens with zero attached hydrogens (tertiary/aromatic N) is 1. The van der Waals surface area contributed by atoms with E-state index in [1.165, 1.54) is 12.0 Å². The van der Waals surface area contributed by atoms with Crippen LogP contribution in [-0.2, 0) is 9.53 Å². The van der Waals surface area contributed by atoms with Crippen LogP contribution in [0.15, 0.2) is 48.5 Å². The van der Waals surface area contributed by atoms with Crippen molar-refractivity contribution < 1.29 is 19.4 Å². The van der Waals surface area contributed by atoms with Crippen molar-refractivity contribution in [3.63, 3.8) is 0 Å². The maximum Gasteiger partial charge on any atom is 0.335 e. The van der Waals surface area contributed by atoms with Crippen LogP contribution in [0.2, 0.25) is 0 Å². The van der Waals surface area contributed by atoms with Gasteiger partial charge in [0.25, 0.3) is 5.91 Å². The summed E-state index contributed by atoms with van der Waals surface area (Å²) in [6.07, 6.45) is 5.03. The Bertz CT molecular complexity index is 936. The number of hydrogen-bond acceptors (Lipinski definition) is 3. The molecule has 5 nitrogen and oxygen atoms in total. The van der Waals surface area contributed by atoms with E-state index in [4.69, 9.17) is 9.84 Å². The number of hydrogen-bond donors (Lipinski definition) is 1.